The quantitative estimate of drug-likeness (QED) is 0.832. The van der Waals surface area contributed by atoms with Gasteiger partial charge in [0.15, 0.2) is 0 Å². The minimum Gasteiger partial charge on any atom is -0.369 e. The molecule has 0 amide bonds. The van der Waals surface area contributed by atoms with Gasteiger partial charge in [-0.1, -0.05) is 23.2 Å². The first-order chi connectivity index (χ1) is 9.40. The fraction of sp³-hybridized carbons (Fsp3) is 0.643. The third kappa shape index (κ3) is 4.40. The summed E-state index contributed by atoms with van der Waals surface area (Å²) in [6.07, 6.45) is 0. The average Bonchev–Trinajstić information content (AvgIpc) is 2.34. The maximum absolute atomic E-state index is 6.33. The van der Waals surface area contributed by atoms with Crippen molar-refractivity contribution in [2.45, 2.75) is 26.8 Å². The largest absolute Gasteiger partial charge is 0.369 e. The summed E-state index contributed by atoms with van der Waals surface area (Å²) in [5.74, 6) is 1.47. The Bertz CT molecular complexity index is 437. The van der Waals surface area contributed by atoms with E-state index in [1.54, 1.807) is 6.07 Å². The first-order valence-corrected chi connectivity index (χ1v) is 7.67. The molecule has 0 aliphatic rings. The lowest BCUT2D eigenvalue weighted by Crippen LogP contribution is -2.40. The van der Waals surface area contributed by atoms with E-state index in [-0.39, 0.29) is 0 Å². The van der Waals surface area contributed by atoms with Gasteiger partial charge in [-0.25, -0.2) is 4.98 Å². The molecule has 0 aliphatic heterocycles. The predicted molar refractivity (Wildman–Crippen MR) is 89.5 cm³/mol. The molecule has 0 saturated carbocycles. The summed E-state index contributed by atoms with van der Waals surface area (Å²) in [6.45, 7) is 8.83. The van der Waals surface area contributed by atoms with Crippen LogP contribution in [0.5, 0.6) is 0 Å². The fourth-order valence-electron chi connectivity index (χ4n) is 2.25. The van der Waals surface area contributed by atoms with Crippen molar-refractivity contribution in [3.63, 3.8) is 0 Å². The van der Waals surface area contributed by atoms with E-state index in [1.165, 1.54) is 0 Å². The highest BCUT2D eigenvalue weighted by Crippen LogP contribution is 2.32. The molecule has 1 rings (SSSR count). The molecule has 6 heteroatoms. The molecular formula is C14H24Cl2N4. The van der Waals surface area contributed by atoms with Gasteiger partial charge in [0, 0.05) is 25.7 Å². The third-order valence-electron chi connectivity index (χ3n) is 3.03. The molecule has 0 aromatic carbocycles. The summed E-state index contributed by atoms with van der Waals surface area (Å²) in [5, 5.41) is 4.30. The summed E-state index contributed by atoms with van der Waals surface area (Å²) in [6, 6.07) is 2.07. The van der Waals surface area contributed by atoms with Crippen LogP contribution in [-0.4, -0.2) is 49.7 Å². The Balaban J connectivity index is 3.10. The highest BCUT2D eigenvalue weighted by molar-refractivity contribution is 6.37. The zero-order valence-electron chi connectivity index (χ0n) is 12.9. The molecular weight excluding hydrogens is 295 g/mol. The number of aromatic nitrogens is 1. The van der Waals surface area contributed by atoms with Crippen LogP contribution in [0.3, 0.4) is 0 Å². The van der Waals surface area contributed by atoms with Gasteiger partial charge in [-0.2, -0.15) is 0 Å². The lowest BCUT2D eigenvalue weighted by molar-refractivity contribution is 0.372. The van der Waals surface area contributed by atoms with Gasteiger partial charge in [-0.15, -0.1) is 0 Å². The molecule has 114 valence electrons. The maximum Gasteiger partial charge on any atom is 0.150 e. The molecule has 1 heterocycles. The number of hydrogen-bond donors (Lipinski definition) is 1. The minimum absolute atomic E-state index is 0.315. The molecule has 0 radical (unpaired) electrons. The lowest BCUT2D eigenvalue weighted by atomic mass is 10.2. The van der Waals surface area contributed by atoms with E-state index in [9.17, 15) is 0 Å². The van der Waals surface area contributed by atoms with E-state index in [0.29, 0.717) is 21.9 Å². The molecule has 1 atom stereocenters. The Morgan fingerprint density at radius 1 is 1.25 bits per heavy atom. The van der Waals surface area contributed by atoms with Crippen molar-refractivity contribution in [2.24, 2.45) is 0 Å². The van der Waals surface area contributed by atoms with Gasteiger partial charge in [0.05, 0.1) is 10.0 Å². The number of rotatable bonds is 7. The number of halogens is 2. The molecule has 1 N–H and O–H groups in total. The number of likely N-dealkylation sites (N-methyl/N-ethyl adjacent to an activating group) is 2. The smallest absolute Gasteiger partial charge is 0.150 e. The van der Waals surface area contributed by atoms with Crippen LogP contribution in [0.1, 0.15) is 20.8 Å². The zero-order chi connectivity index (χ0) is 15.3. The molecule has 0 saturated heterocycles. The van der Waals surface area contributed by atoms with Gasteiger partial charge < -0.3 is 15.1 Å². The van der Waals surface area contributed by atoms with Crippen molar-refractivity contribution < 1.29 is 0 Å². The Morgan fingerprint density at radius 2 is 1.90 bits per heavy atom. The summed E-state index contributed by atoms with van der Waals surface area (Å²) < 4.78 is 0. The maximum atomic E-state index is 6.33. The van der Waals surface area contributed by atoms with Gasteiger partial charge >= 0.3 is 0 Å². The average molecular weight is 319 g/mol. The number of anilines is 2. The first-order valence-electron chi connectivity index (χ1n) is 6.91. The molecule has 4 nitrogen and oxygen atoms in total. The molecule has 0 spiro atoms. The second kappa shape index (κ2) is 7.91. The van der Waals surface area contributed by atoms with Gasteiger partial charge in [0.25, 0.3) is 0 Å². The second-order valence-electron chi connectivity index (χ2n) is 5.05. The van der Waals surface area contributed by atoms with E-state index in [2.05, 4.69) is 48.0 Å². The topological polar surface area (TPSA) is 31.4 Å². The molecule has 0 fully saturated rings. The molecule has 20 heavy (non-hydrogen) atoms. The van der Waals surface area contributed by atoms with E-state index < -0.39 is 0 Å². The van der Waals surface area contributed by atoms with Crippen LogP contribution < -0.4 is 10.2 Å². The van der Waals surface area contributed by atoms with Crippen LogP contribution in [-0.2, 0) is 0 Å². The second-order valence-corrected chi connectivity index (χ2v) is 5.87. The monoisotopic (exact) mass is 318 g/mol. The highest BCUT2D eigenvalue weighted by atomic mass is 35.5. The van der Waals surface area contributed by atoms with Crippen molar-refractivity contribution in [1.82, 2.24) is 9.88 Å². The van der Waals surface area contributed by atoms with Crippen molar-refractivity contribution >= 4 is 34.8 Å². The van der Waals surface area contributed by atoms with Crippen LogP contribution in [0, 0.1) is 0 Å². The third-order valence-corrected chi connectivity index (χ3v) is 3.60. The Labute approximate surface area is 132 Å². The number of nitrogens with one attached hydrogen (secondary N) is 1. The molecule has 0 aliphatic carbocycles. The normalized spacial score (nSPS) is 12.6. The predicted octanol–water partition coefficient (Wildman–Crippen LogP) is 3.60. The molecule has 1 aromatic heterocycles. The van der Waals surface area contributed by atoms with Gasteiger partial charge in [0.2, 0.25) is 0 Å². The molecule has 0 bridgehead atoms. The first kappa shape index (κ1) is 17.3. The van der Waals surface area contributed by atoms with Gasteiger partial charge in [0.1, 0.15) is 11.6 Å². The van der Waals surface area contributed by atoms with Crippen molar-refractivity contribution in [2.75, 3.05) is 43.9 Å². The van der Waals surface area contributed by atoms with E-state index in [0.717, 1.165) is 25.5 Å². The summed E-state index contributed by atoms with van der Waals surface area (Å²) in [5.41, 5.74) is 0. The summed E-state index contributed by atoms with van der Waals surface area (Å²) >= 11 is 12.5. The van der Waals surface area contributed by atoms with Crippen LogP contribution >= 0.6 is 23.2 Å². The van der Waals surface area contributed by atoms with Crippen molar-refractivity contribution in [3.05, 3.63) is 16.1 Å². The van der Waals surface area contributed by atoms with Crippen LogP contribution in [0.2, 0.25) is 10.0 Å². The molecule has 1 unspecified atom stereocenters. The Hall–Kier alpha value is -0.710. The number of nitrogens with zero attached hydrogens (tertiary/aromatic N) is 3. The van der Waals surface area contributed by atoms with Crippen LogP contribution in [0.4, 0.5) is 11.6 Å². The SMILES string of the molecule is CCNc1nc(N(CC)C(C)CN(C)C)c(Cl)cc1Cl. The number of hydrogen-bond acceptors (Lipinski definition) is 4. The summed E-state index contributed by atoms with van der Waals surface area (Å²) in [4.78, 5) is 8.94. The Kier molecular flexibility index (Phi) is 6.86. The van der Waals surface area contributed by atoms with E-state index >= 15 is 0 Å². The highest BCUT2D eigenvalue weighted by Gasteiger charge is 2.19. The number of pyridine rings is 1. The van der Waals surface area contributed by atoms with E-state index in [4.69, 9.17) is 23.2 Å². The molecule has 1 aromatic rings. The van der Waals surface area contributed by atoms with E-state index in [1.807, 2.05) is 6.92 Å². The minimum atomic E-state index is 0.315. The fourth-order valence-corrected chi connectivity index (χ4v) is 2.78. The van der Waals surface area contributed by atoms with Crippen molar-refractivity contribution in [1.29, 1.82) is 0 Å². The van der Waals surface area contributed by atoms with Crippen LogP contribution in [0.15, 0.2) is 6.07 Å². The zero-order valence-corrected chi connectivity index (χ0v) is 14.4. The van der Waals surface area contributed by atoms with Crippen molar-refractivity contribution in [3.8, 4) is 0 Å². The summed E-state index contributed by atoms with van der Waals surface area (Å²) in [7, 11) is 4.12. The lowest BCUT2D eigenvalue weighted by Gasteiger charge is -2.32. The van der Waals surface area contributed by atoms with Crippen LogP contribution in [0.25, 0.3) is 0 Å². The van der Waals surface area contributed by atoms with Gasteiger partial charge in [-0.05, 0) is 40.9 Å². The Morgan fingerprint density at radius 3 is 2.40 bits per heavy atom. The van der Waals surface area contributed by atoms with Gasteiger partial charge in [-0.3, -0.25) is 0 Å². The standard InChI is InChI=1S/C14H24Cl2N4/c1-6-17-13-11(15)8-12(16)14(18-13)20(7-2)10(3)9-19(4)5/h8,10H,6-7,9H2,1-5H3,(H,17,18).